The molecule has 0 aliphatic carbocycles. The smallest absolute Gasteiger partial charge is 0.315 e. The van der Waals surface area contributed by atoms with Crippen LogP contribution in [0.4, 0.5) is 4.79 Å². The summed E-state index contributed by atoms with van der Waals surface area (Å²) in [6.45, 7) is 0.542. The molecule has 0 radical (unpaired) electrons. The molecule has 1 atom stereocenters. The van der Waals surface area contributed by atoms with Gasteiger partial charge in [0.1, 0.15) is 0 Å². The fourth-order valence-corrected chi connectivity index (χ4v) is 2.79. The second-order valence-electron chi connectivity index (χ2n) is 5.95. The van der Waals surface area contributed by atoms with Gasteiger partial charge in [-0.2, -0.15) is 0 Å². The first-order valence-corrected chi connectivity index (χ1v) is 8.40. The van der Waals surface area contributed by atoms with Crippen molar-refractivity contribution in [1.29, 1.82) is 0 Å². The van der Waals surface area contributed by atoms with Crippen molar-refractivity contribution in [2.75, 3.05) is 6.54 Å². The normalized spacial score (nSPS) is 12.1. The second kappa shape index (κ2) is 7.59. The van der Waals surface area contributed by atoms with Gasteiger partial charge in [-0.3, -0.25) is 0 Å². The van der Waals surface area contributed by atoms with Crippen LogP contribution >= 0.6 is 11.6 Å². The monoisotopic (exact) mass is 357 g/mol. The van der Waals surface area contributed by atoms with Crippen LogP contribution in [0.15, 0.2) is 54.7 Å². The van der Waals surface area contributed by atoms with Crippen LogP contribution in [0.2, 0.25) is 5.02 Å². The molecule has 3 rings (SSSR count). The Labute approximate surface area is 151 Å². The van der Waals surface area contributed by atoms with Gasteiger partial charge in [-0.25, -0.2) is 4.79 Å². The number of benzene rings is 2. The molecule has 2 aromatic carbocycles. The summed E-state index contributed by atoms with van der Waals surface area (Å²) in [6.07, 6.45) is 1.22. The van der Waals surface area contributed by atoms with E-state index in [0.29, 0.717) is 11.6 Å². The minimum atomic E-state index is -0.758. The zero-order chi connectivity index (χ0) is 17.8. The molecule has 5 nitrogen and oxygen atoms in total. The van der Waals surface area contributed by atoms with Crippen LogP contribution < -0.4 is 10.6 Å². The lowest BCUT2D eigenvalue weighted by Gasteiger charge is -2.13. The molecule has 0 fully saturated rings. The van der Waals surface area contributed by atoms with E-state index in [1.54, 1.807) is 12.1 Å². The summed E-state index contributed by atoms with van der Waals surface area (Å²) >= 11 is 5.83. The second-order valence-corrected chi connectivity index (χ2v) is 6.39. The van der Waals surface area contributed by atoms with Crippen molar-refractivity contribution >= 4 is 28.5 Å². The van der Waals surface area contributed by atoms with Gasteiger partial charge in [-0.05, 0) is 46.8 Å². The van der Waals surface area contributed by atoms with Crippen LogP contribution in [-0.2, 0) is 13.6 Å². The van der Waals surface area contributed by atoms with Gasteiger partial charge in [-0.1, -0.05) is 29.8 Å². The third kappa shape index (κ3) is 4.32. The number of aliphatic hydroxyl groups is 1. The zero-order valence-electron chi connectivity index (χ0n) is 13.9. The van der Waals surface area contributed by atoms with E-state index < -0.39 is 6.10 Å². The fourth-order valence-electron chi connectivity index (χ4n) is 2.66. The van der Waals surface area contributed by atoms with E-state index in [1.165, 1.54) is 0 Å². The summed E-state index contributed by atoms with van der Waals surface area (Å²) in [4.78, 5) is 11.9. The Kier molecular flexibility index (Phi) is 5.26. The molecule has 6 heteroatoms. The van der Waals surface area contributed by atoms with E-state index in [-0.39, 0.29) is 12.6 Å². The minimum Gasteiger partial charge on any atom is -0.387 e. The number of nitrogens with one attached hydrogen (secondary N) is 2. The lowest BCUT2D eigenvalue weighted by atomic mass is 10.1. The van der Waals surface area contributed by atoms with Gasteiger partial charge in [0.2, 0.25) is 0 Å². The first-order chi connectivity index (χ1) is 12.0. The van der Waals surface area contributed by atoms with Crippen LogP contribution in [-0.4, -0.2) is 22.2 Å². The van der Waals surface area contributed by atoms with Crippen LogP contribution in [0, 0.1) is 0 Å². The van der Waals surface area contributed by atoms with Crippen molar-refractivity contribution in [3.63, 3.8) is 0 Å². The lowest BCUT2D eigenvalue weighted by Crippen LogP contribution is -2.37. The molecule has 3 N–H and O–H groups in total. The highest BCUT2D eigenvalue weighted by molar-refractivity contribution is 6.30. The average molecular weight is 358 g/mol. The minimum absolute atomic E-state index is 0.144. The Hall–Kier alpha value is -2.50. The van der Waals surface area contributed by atoms with Crippen LogP contribution in [0.25, 0.3) is 10.9 Å². The van der Waals surface area contributed by atoms with E-state index in [9.17, 15) is 9.90 Å². The maximum absolute atomic E-state index is 11.9. The van der Waals surface area contributed by atoms with Crippen molar-refractivity contribution in [3.05, 3.63) is 70.9 Å². The molecule has 0 unspecified atom stereocenters. The zero-order valence-corrected chi connectivity index (χ0v) is 14.6. The molecule has 0 spiro atoms. The summed E-state index contributed by atoms with van der Waals surface area (Å²) in [5.74, 6) is 0. The maximum atomic E-state index is 11.9. The van der Waals surface area contributed by atoms with Crippen LogP contribution in [0.1, 0.15) is 17.2 Å². The van der Waals surface area contributed by atoms with E-state index in [4.69, 9.17) is 11.6 Å². The summed E-state index contributed by atoms with van der Waals surface area (Å²) in [5, 5.41) is 17.4. The van der Waals surface area contributed by atoms with Gasteiger partial charge < -0.3 is 20.3 Å². The number of fused-ring (bicyclic) bond motifs is 1. The van der Waals surface area contributed by atoms with Crippen LogP contribution in [0.3, 0.4) is 0 Å². The number of nitrogens with zero attached hydrogens (tertiary/aromatic N) is 1. The largest absolute Gasteiger partial charge is 0.387 e. The summed E-state index contributed by atoms with van der Waals surface area (Å²) in [7, 11) is 1.98. The van der Waals surface area contributed by atoms with Crippen molar-refractivity contribution in [2.24, 2.45) is 7.05 Å². The molecular formula is C19H20ClN3O2. The lowest BCUT2D eigenvalue weighted by molar-refractivity contribution is 0.173. The highest BCUT2D eigenvalue weighted by Crippen LogP contribution is 2.20. The summed E-state index contributed by atoms with van der Waals surface area (Å²) < 4.78 is 2.02. The van der Waals surface area contributed by atoms with Crippen molar-refractivity contribution in [3.8, 4) is 0 Å². The number of halogens is 1. The average Bonchev–Trinajstić information content (AvgIpc) is 2.99. The Morgan fingerprint density at radius 3 is 2.68 bits per heavy atom. The molecule has 0 saturated heterocycles. The Balaban J connectivity index is 1.51. The van der Waals surface area contributed by atoms with E-state index in [0.717, 1.165) is 22.0 Å². The first kappa shape index (κ1) is 17.3. The molecular weight excluding hydrogens is 338 g/mol. The SMILES string of the molecule is Cn1ccc2cc([C@@H](O)CNC(=O)NCc3ccc(Cl)cc3)ccc21. The third-order valence-electron chi connectivity index (χ3n) is 4.12. The fraction of sp³-hybridized carbons (Fsp3) is 0.211. The summed E-state index contributed by atoms with van der Waals surface area (Å²) in [6, 6.07) is 14.7. The molecule has 0 saturated carbocycles. The van der Waals surface area contributed by atoms with Gasteiger partial charge in [0.25, 0.3) is 0 Å². The number of aryl methyl sites for hydroxylation is 1. The Morgan fingerprint density at radius 1 is 1.16 bits per heavy atom. The molecule has 1 heterocycles. The van der Waals surface area contributed by atoms with Crippen molar-refractivity contribution in [1.82, 2.24) is 15.2 Å². The molecule has 0 aliphatic rings. The maximum Gasteiger partial charge on any atom is 0.315 e. The first-order valence-electron chi connectivity index (χ1n) is 8.02. The topological polar surface area (TPSA) is 66.3 Å². The molecule has 130 valence electrons. The molecule has 25 heavy (non-hydrogen) atoms. The number of rotatable bonds is 5. The molecule has 3 aromatic rings. The van der Waals surface area contributed by atoms with E-state index in [2.05, 4.69) is 10.6 Å². The summed E-state index contributed by atoms with van der Waals surface area (Å²) in [5.41, 5.74) is 2.83. The molecule has 1 aromatic heterocycles. The standard InChI is InChI=1S/C19H20ClN3O2/c1-23-9-8-14-10-15(4-7-17(14)23)18(24)12-22-19(25)21-11-13-2-5-16(20)6-3-13/h2-10,18,24H,11-12H2,1H3,(H2,21,22,25)/t18-/m0/s1. The van der Waals surface area contributed by atoms with Gasteiger partial charge in [0, 0.05) is 36.9 Å². The molecule has 2 amide bonds. The van der Waals surface area contributed by atoms with Crippen molar-refractivity contribution < 1.29 is 9.90 Å². The van der Waals surface area contributed by atoms with Gasteiger partial charge >= 0.3 is 6.03 Å². The Bertz CT molecular complexity index is 874. The van der Waals surface area contributed by atoms with E-state index >= 15 is 0 Å². The quantitative estimate of drug-likeness (QED) is 0.655. The highest BCUT2D eigenvalue weighted by atomic mass is 35.5. The number of carbonyl (C=O) groups is 1. The number of carbonyl (C=O) groups excluding carboxylic acids is 1. The Morgan fingerprint density at radius 2 is 1.92 bits per heavy atom. The molecule has 0 bridgehead atoms. The number of hydrogen-bond acceptors (Lipinski definition) is 2. The predicted molar refractivity (Wildman–Crippen MR) is 99.6 cm³/mol. The predicted octanol–water partition coefficient (Wildman–Crippen LogP) is 3.36. The third-order valence-corrected chi connectivity index (χ3v) is 4.37. The van der Waals surface area contributed by atoms with E-state index in [1.807, 2.05) is 54.2 Å². The molecule has 0 aliphatic heterocycles. The number of amides is 2. The van der Waals surface area contributed by atoms with Gasteiger partial charge in [-0.15, -0.1) is 0 Å². The number of aliphatic hydroxyl groups excluding tert-OH is 1. The number of urea groups is 1. The number of aromatic nitrogens is 1. The number of hydrogen-bond donors (Lipinski definition) is 3. The van der Waals surface area contributed by atoms with Gasteiger partial charge in [0.05, 0.1) is 6.10 Å². The van der Waals surface area contributed by atoms with Crippen molar-refractivity contribution in [2.45, 2.75) is 12.6 Å². The van der Waals surface area contributed by atoms with Crippen LogP contribution in [0.5, 0.6) is 0 Å². The highest BCUT2D eigenvalue weighted by Gasteiger charge is 2.11. The van der Waals surface area contributed by atoms with Gasteiger partial charge in [0.15, 0.2) is 0 Å².